The van der Waals surface area contributed by atoms with E-state index in [9.17, 15) is 14.9 Å². The van der Waals surface area contributed by atoms with Crippen LogP contribution in [0.3, 0.4) is 0 Å². The summed E-state index contributed by atoms with van der Waals surface area (Å²) in [5, 5.41) is 11.0. The first-order valence-corrected chi connectivity index (χ1v) is 4.55. The minimum Gasteiger partial charge on any atom is -0.296 e. The van der Waals surface area contributed by atoms with E-state index >= 15 is 0 Å². The van der Waals surface area contributed by atoms with E-state index in [0.717, 1.165) is 0 Å². The van der Waals surface area contributed by atoms with Crippen molar-refractivity contribution in [1.29, 1.82) is 0 Å². The average molecular weight is 238 g/mol. The highest BCUT2D eigenvalue weighted by Crippen LogP contribution is 2.29. The molecule has 0 aliphatic rings. The standard InChI is InChI=1S/C9H4ClN3O3/c10-6-2-7-5(1-9(6)13(15)16)8(3-14)12-4-11-7/h1-4H. The van der Waals surface area contributed by atoms with Gasteiger partial charge in [-0.2, -0.15) is 0 Å². The molecule has 0 atom stereocenters. The zero-order chi connectivity index (χ0) is 11.7. The number of carbonyl (C=O) groups is 1. The number of halogens is 1. The van der Waals surface area contributed by atoms with Gasteiger partial charge in [0, 0.05) is 11.5 Å². The van der Waals surface area contributed by atoms with E-state index in [1.54, 1.807) is 0 Å². The summed E-state index contributed by atoms with van der Waals surface area (Å²) in [5.41, 5.74) is 0.226. The van der Waals surface area contributed by atoms with E-state index < -0.39 is 4.92 Å². The molecule has 2 rings (SSSR count). The van der Waals surface area contributed by atoms with Crippen LogP contribution >= 0.6 is 11.6 Å². The Kier molecular flexibility index (Phi) is 2.49. The molecule has 0 aliphatic heterocycles. The van der Waals surface area contributed by atoms with Gasteiger partial charge in [-0.05, 0) is 6.07 Å². The Labute approximate surface area is 94.0 Å². The van der Waals surface area contributed by atoms with E-state index in [1.807, 2.05) is 0 Å². The second-order valence-corrected chi connectivity index (χ2v) is 3.36. The van der Waals surface area contributed by atoms with Gasteiger partial charge in [-0.15, -0.1) is 0 Å². The number of hydrogen-bond acceptors (Lipinski definition) is 5. The lowest BCUT2D eigenvalue weighted by Crippen LogP contribution is -1.95. The number of carbonyl (C=O) groups excluding carboxylic acids is 1. The summed E-state index contributed by atoms with van der Waals surface area (Å²) in [5.74, 6) is 0. The van der Waals surface area contributed by atoms with E-state index in [0.29, 0.717) is 17.2 Å². The fourth-order valence-corrected chi connectivity index (χ4v) is 1.55. The van der Waals surface area contributed by atoms with Crippen molar-refractivity contribution in [2.75, 3.05) is 0 Å². The zero-order valence-electron chi connectivity index (χ0n) is 7.75. The molecular formula is C9H4ClN3O3. The maximum Gasteiger partial charge on any atom is 0.288 e. The molecule has 6 nitrogen and oxygen atoms in total. The fourth-order valence-electron chi connectivity index (χ4n) is 1.32. The third-order valence-corrected chi connectivity index (χ3v) is 2.35. The largest absolute Gasteiger partial charge is 0.296 e. The molecule has 7 heteroatoms. The van der Waals surface area contributed by atoms with Crippen LogP contribution in [0.1, 0.15) is 10.5 Å². The summed E-state index contributed by atoms with van der Waals surface area (Å²) in [4.78, 5) is 28.3. The van der Waals surface area contributed by atoms with E-state index in [-0.39, 0.29) is 16.4 Å². The molecule has 0 saturated heterocycles. The number of nitro benzene ring substituents is 1. The molecule has 0 aliphatic carbocycles. The predicted octanol–water partition coefficient (Wildman–Crippen LogP) is 2.00. The lowest BCUT2D eigenvalue weighted by atomic mass is 10.2. The SMILES string of the molecule is O=Cc1ncnc2cc(Cl)c([N+](=O)[O-])cc12. The molecule has 0 bridgehead atoms. The van der Waals surface area contributed by atoms with Crippen molar-refractivity contribution >= 4 is 34.5 Å². The second kappa shape index (κ2) is 3.82. The molecule has 0 amide bonds. The summed E-state index contributed by atoms with van der Waals surface area (Å²) in [7, 11) is 0. The van der Waals surface area contributed by atoms with Crippen LogP contribution in [-0.2, 0) is 0 Å². The number of rotatable bonds is 2. The monoisotopic (exact) mass is 237 g/mol. The highest BCUT2D eigenvalue weighted by atomic mass is 35.5. The van der Waals surface area contributed by atoms with Gasteiger partial charge < -0.3 is 0 Å². The Hall–Kier alpha value is -2.08. The molecule has 1 aromatic heterocycles. The molecule has 0 N–H and O–H groups in total. The first kappa shape index (κ1) is 10.4. The van der Waals surface area contributed by atoms with Crippen LogP contribution in [0, 0.1) is 10.1 Å². The highest BCUT2D eigenvalue weighted by Gasteiger charge is 2.15. The van der Waals surface area contributed by atoms with Crippen LogP contribution in [0.5, 0.6) is 0 Å². The van der Waals surface area contributed by atoms with Crippen molar-refractivity contribution in [3.63, 3.8) is 0 Å². The maximum atomic E-state index is 10.7. The summed E-state index contributed by atoms with van der Waals surface area (Å²) < 4.78 is 0. The predicted molar refractivity (Wildman–Crippen MR) is 56.6 cm³/mol. The summed E-state index contributed by atoms with van der Waals surface area (Å²) in [6.45, 7) is 0. The summed E-state index contributed by atoms with van der Waals surface area (Å²) >= 11 is 5.70. The van der Waals surface area contributed by atoms with Crippen LogP contribution < -0.4 is 0 Å². The normalized spacial score (nSPS) is 10.3. The molecule has 1 heterocycles. The Balaban J connectivity index is 2.85. The molecule has 1 aromatic carbocycles. The highest BCUT2D eigenvalue weighted by molar-refractivity contribution is 6.33. The van der Waals surface area contributed by atoms with Gasteiger partial charge in [0.2, 0.25) is 0 Å². The van der Waals surface area contributed by atoms with Crippen molar-refractivity contribution in [3.8, 4) is 0 Å². The van der Waals surface area contributed by atoms with Gasteiger partial charge in [-0.25, -0.2) is 9.97 Å². The number of aldehydes is 1. The van der Waals surface area contributed by atoms with Crippen molar-refractivity contribution in [2.24, 2.45) is 0 Å². The van der Waals surface area contributed by atoms with Gasteiger partial charge in [-0.3, -0.25) is 14.9 Å². The van der Waals surface area contributed by atoms with E-state index in [4.69, 9.17) is 11.6 Å². The topological polar surface area (TPSA) is 86.0 Å². The number of benzene rings is 1. The minimum atomic E-state index is -0.622. The van der Waals surface area contributed by atoms with Gasteiger partial charge in [0.1, 0.15) is 17.0 Å². The Morgan fingerprint density at radius 3 is 2.75 bits per heavy atom. The third kappa shape index (κ3) is 1.59. The molecule has 0 saturated carbocycles. The summed E-state index contributed by atoms with van der Waals surface area (Å²) in [6, 6.07) is 2.53. The van der Waals surface area contributed by atoms with E-state index in [1.165, 1.54) is 18.5 Å². The number of nitrogens with zero attached hydrogens (tertiary/aromatic N) is 3. The quantitative estimate of drug-likeness (QED) is 0.453. The molecule has 0 radical (unpaired) electrons. The minimum absolute atomic E-state index is 0.0203. The smallest absolute Gasteiger partial charge is 0.288 e. The Morgan fingerprint density at radius 2 is 2.12 bits per heavy atom. The maximum absolute atomic E-state index is 10.7. The molecule has 0 fully saturated rings. The van der Waals surface area contributed by atoms with Crippen LogP contribution in [0.2, 0.25) is 5.02 Å². The molecule has 16 heavy (non-hydrogen) atoms. The van der Waals surface area contributed by atoms with Crippen molar-refractivity contribution in [3.05, 3.63) is 39.3 Å². The van der Waals surface area contributed by atoms with Crippen molar-refractivity contribution in [1.82, 2.24) is 9.97 Å². The second-order valence-electron chi connectivity index (χ2n) is 2.95. The van der Waals surface area contributed by atoms with Gasteiger partial charge in [0.05, 0.1) is 10.4 Å². The van der Waals surface area contributed by atoms with E-state index in [2.05, 4.69) is 9.97 Å². The third-order valence-electron chi connectivity index (χ3n) is 2.04. The molecular weight excluding hydrogens is 234 g/mol. The zero-order valence-corrected chi connectivity index (χ0v) is 8.51. The van der Waals surface area contributed by atoms with Crippen LogP contribution in [0.25, 0.3) is 10.9 Å². The number of hydrogen-bond donors (Lipinski definition) is 0. The van der Waals surface area contributed by atoms with Gasteiger partial charge >= 0.3 is 0 Å². The molecule has 2 aromatic rings. The van der Waals surface area contributed by atoms with Crippen LogP contribution in [-0.4, -0.2) is 21.2 Å². The number of fused-ring (bicyclic) bond motifs is 1. The van der Waals surface area contributed by atoms with Crippen molar-refractivity contribution in [2.45, 2.75) is 0 Å². The fraction of sp³-hybridized carbons (Fsp3) is 0. The lowest BCUT2D eigenvalue weighted by Gasteiger charge is -2.00. The molecule has 0 unspecified atom stereocenters. The first-order valence-electron chi connectivity index (χ1n) is 4.17. The average Bonchev–Trinajstić information content (AvgIpc) is 2.26. The van der Waals surface area contributed by atoms with Gasteiger partial charge in [0.15, 0.2) is 6.29 Å². The lowest BCUT2D eigenvalue weighted by molar-refractivity contribution is -0.384. The number of aromatic nitrogens is 2. The Bertz CT molecular complexity index is 600. The summed E-state index contributed by atoms with van der Waals surface area (Å²) in [6.07, 6.45) is 1.72. The molecule has 0 spiro atoms. The van der Waals surface area contributed by atoms with Gasteiger partial charge in [-0.1, -0.05) is 11.6 Å². The van der Waals surface area contributed by atoms with Crippen LogP contribution in [0.15, 0.2) is 18.5 Å². The van der Waals surface area contributed by atoms with Crippen molar-refractivity contribution < 1.29 is 9.72 Å². The molecule has 80 valence electrons. The van der Waals surface area contributed by atoms with Crippen LogP contribution in [0.4, 0.5) is 5.69 Å². The van der Waals surface area contributed by atoms with Gasteiger partial charge in [0.25, 0.3) is 5.69 Å². The first-order chi connectivity index (χ1) is 7.63. The number of nitro groups is 1. The Morgan fingerprint density at radius 1 is 1.38 bits per heavy atom.